The Labute approximate surface area is 157 Å². The van der Waals surface area contributed by atoms with Crippen LogP contribution in [-0.2, 0) is 6.54 Å². The van der Waals surface area contributed by atoms with Crippen molar-refractivity contribution in [2.24, 2.45) is 0 Å². The summed E-state index contributed by atoms with van der Waals surface area (Å²) in [5.41, 5.74) is 1.98. The van der Waals surface area contributed by atoms with Crippen LogP contribution < -0.4 is 5.32 Å². The fraction of sp³-hybridized carbons (Fsp3) is 0.421. The molecule has 1 saturated heterocycles. The van der Waals surface area contributed by atoms with E-state index in [4.69, 9.17) is 0 Å². The van der Waals surface area contributed by atoms with Crippen LogP contribution in [0.2, 0.25) is 0 Å². The quantitative estimate of drug-likeness (QED) is 0.697. The highest BCUT2D eigenvalue weighted by molar-refractivity contribution is 9.10. The summed E-state index contributed by atoms with van der Waals surface area (Å²) in [6, 6.07) is 12.4. The van der Waals surface area contributed by atoms with E-state index in [2.05, 4.69) is 66.4 Å². The van der Waals surface area contributed by atoms with E-state index in [0.29, 0.717) is 12.2 Å². The zero-order valence-corrected chi connectivity index (χ0v) is 16.0. The number of carbonyl (C=O) groups excluding carboxylic acids is 1. The molecule has 2 aromatic rings. The van der Waals surface area contributed by atoms with Crippen LogP contribution in [0, 0.1) is 0 Å². The molecular formula is C19H25BrN4O. The number of hydrogen-bond donors (Lipinski definition) is 2. The van der Waals surface area contributed by atoms with Gasteiger partial charge in [0.2, 0.25) is 0 Å². The monoisotopic (exact) mass is 404 g/mol. The lowest BCUT2D eigenvalue weighted by molar-refractivity contribution is 0.0943. The molecule has 1 fully saturated rings. The van der Waals surface area contributed by atoms with E-state index in [1.807, 2.05) is 0 Å². The van der Waals surface area contributed by atoms with E-state index in [0.717, 1.165) is 50.2 Å². The third kappa shape index (κ3) is 5.70. The summed E-state index contributed by atoms with van der Waals surface area (Å²) in [4.78, 5) is 19.9. The molecule has 1 aliphatic rings. The number of aromatic amines is 1. The third-order valence-electron chi connectivity index (χ3n) is 4.54. The number of rotatable bonds is 7. The second-order valence-corrected chi connectivity index (χ2v) is 7.36. The lowest BCUT2D eigenvalue weighted by Gasteiger charge is -2.34. The Bertz CT molecular complexity index is 665. The highest BCUT2D eigenvalue weighted by atomic mass is 79.9. The normalized spacial score (nSPS) is 16.0. The third-order valence-corrected chi connectivity index (χ3v) is 5.00. The number of hydrogen-bond acceptors (Lipinski definition) is 3. The summed E-state index contributed by atoms with van der Waals surface area (Å²) in [5, 5.41) is 2.97. The molecule has 0 unspecified atom stereocenters. The van der Waals surface area contributed by atoms with E-state index in [-0.39, 0.29) is 5.91 Å². The topological polar surface area (TPSA) is 51.4 Å². The molecule has 0 saturated carbocycles. The summed E-state index contributed by atoms with van der Waals surface area (Å²) >= 11 is 3.34. The van der Waals surface area contributed by atoms with Crippen molar-refractivity contribution in [1.29, 1.82) is 0 Å². The van der Waals surface area contributed by atoms with Gasteiger partial charge in [-0.2, -0.15) is 0 Å². The van der Waals surface area contributed by atoms with E-state index < -0.39 is 0 Å². The Kier molecular flexibility index (Phi) is 6.67. The Balaban J connectivity index is 1.30. The van der Waals surface area contributed by atoms with Crippen LogP contribution in [0.25, 0.3) is 0 Å². The molecule has 6 heteroatoms. The smallest absolute Gasteiger partial charge is 0.267 e. The summed E-state index contributed by atoms with van der Waals surface area (Å²) in [5.74, 6) is -0.0432. The molecule has 1 amide bonds. The first-order valence-electron chi connectivity index (χ1n) is 8.81. The molecule has 2 heterocycles. The van der Waals surface area contributed by atoms with Gasteiger partial charge in [-0.1, -0.05) is 30.3 Å². The van der Waals surface area contributed by atoms with Crippen molar-refractivity contribution in [1.82, 2.24) is 20.1 Å². The predicted octanol–water partition coefficient (Wildman–Crippen LogP) is 2.71. The standard InChI is InChI=1S/C19H25BrN4O/c20-17-13-18(22-14-17)19(25)21-7-4-8-23-9-11-24(12-10-23)15-16-5-2-1-3-6-16/h1-3,5-6,13-14,22H,4,7-12,15H2,(H,21,25). The maximum Gasteiger partial charge on any atom is 0.267 e. The molecule has 5 nitrogen and oxygen atoms in total. The van der Waals surface area contributed by atoms with Crippen molar-refractivity contribution < 1.29 is 4.79 Å². The Morgan fingerprint density at radius 3 is 2.52 bits per heavy atom. The summed E-state index contributed by atoms with van der Waals surface area (Å²) in [6.07, 6.45) is 2.75. The maximum absolute atomic E-state index is 11.9. The highest BCUT2D eigenvalue weighted by Crippen LogP contribution is 2.10. The van der Waals surface area contributed by atoms with Gasteiger partial charge in [-0.15, -0.1) is 0 Å². The first kappa shape index (κ1) is 18.2. The van der Waals surface area contributed by atoms with Crippen LogP contribution >= 0.6 is 15.9 Å². The number of carbonyl (C=O) groups is 1. The number of aromatic nitrogens is 1. The van der Waals surface area contributed by atoms with E-state index >= 15 is 0 Å². The summed E-state index contributed by atoms with van der Waals surface area (Å²) < 4.78 is 0.894. The average Bonchev–Trinajstić information content (AvgIpc) is 3.07. The van der Waals surface area contributed by atoms with Gasteiger partial charge >= 0.3 is 0 Å². The number of benzene rings is 1. The Morgan fingerprint density at radius 1 is 1.12 bits per heavy atom. The SMILES string of the molecule is O=C(NCCCN1CCN(Cc2ccccc2)CC1)c1cc(Br)c[nH]1. The number of H-pyrrole nitrogens is 1. The molecule has 25 heavy (non-hydrogen) atoms. The molecule has 0 atom stereocenters. The molecule has 0 radical (unpaired) electrons. The minimum absolute atomic E-state index is 0.0432. The summed E-state index contributed by atoms with van der Waals surface area (Å²) in [7, 11) is 0. The van der Waals surface area contributed by atoms with Crippen LogP contribution in [0.3, 0.4) is 0 Å². The molecule has 0 aliphatic carbocycles. The first-order valence-corrected chi connectivity index (χ1v) is 9.61. The van der Waals surface area contributed by atoms with Gasteiger partial charge in [-0.3, -0.25) is 9.69 Å². The van der Waals surface area contributed by atoms with Gasteiger partial charge in [0.15, 0.2) is 0 Å². The largest absolute Gasteiger partial charge is 0.356 e. The number of amides is 1. The van der Waals surface area contributed by atoms with E-state index in [1.54, 1.807) is 12.3 Å². The average molecular weight is 405 g/mol. The lowest BCUT2D eigenvalue weighted by atomic mass is 10.2. The fourth-order valence-electron chi connectivity index (χ4n) is 3.11. The molecule has 3 rings (SSSR count). The lowest BCUT2D eigenvalue weighted by Crippen LogP contribution is -2.46. The molecule has 1 aliphatic heterocycles. The second kappa shape index (κ2) is 9.17. The minimum Gasteiger partial charge on any atom is -0.356 e. The maximum atomic E-state index is 11.9. The predicted molar refractivity (Wildman–Crippen MR) is 104 cm³/mol. The fourth-order valence-corrected chi connectivity index (χ4v) is 3.45. The zero-order chi connectivity index (χ0) is 17.5. The van der Waals surface area contributed by atoms with Gasteiger partial charge in [-0.05, 0) is 40.5 Å². The minimum atomic E-state index is -0.0432. The summed E-state index contributed by atoms with van der Waals surface area (Å²) in [6.45, 7) is 7.20. The van der Waals surface area contributed by atoms with Crippen molar-refractivity contribution in [3.8, 4) is 0 Å². The molecule has 0 spiro atoms. The molecule has 0 bridgehead atoms. The van der Waals surface area contributed by atoms with Crippen molar-refractivity contribution in [3.05, 3.63) is 58.3 Å². The van der Waals surface area contributed by atoms with Crippen LogP contribution in [0.4, 0.5) is 0 Å². The number of halogens is 1. The van der Waals surface area contributed by atoms with Crippen LogP contribution in [-0.4, -0.2) is 60.0 Å². The van der Waals surface area contributed by atoms with Gasteiger partial charge in [0.1, 0.15) is 5.69 Å². The van der Waals surface area contributed by atoms with Crippen LogP contribution in [0.15, 0.2) is 47.1 Å². The number of nitrogens with zero attached hydrogens (tertiary/aromatic N) is 2. The van der Waals surface area contributed by atoms with E-state index in [9.17, 15) is 4.79 Å². The highest BCUT2D eigenvalue weighted by Gasteiger charge is 2.16. The Morgan fingerprint density at radius 2 is 1.84 bits per heavy atom. The van der Waals surface area contributed by atoms with Crippen molar-refractivity contribution in [2.75, 3.05) is 39.3 Å². The van der Waals surface area contributed by atoms with Crippen LogP contribution in [0.5, 0.6) is 0 Å². The van der Waals surface area contributed by atoms with Gasteiger partial charge < -0.3 is 15.2 Å². The van der Waals surface area contributed by atoms with Crippen molar-refractivity contribution in [2.45, 2.75) is 13.0 Å². The molecule has 1 aromatic heterocycles. The van der Waals surface area contributed by atoms with Gasteiger partial charge in [0.25, 0.3) is 5.91 Å². The number of nitrogens with one attached hydrogen (secondary N) is 2. The molecular weight excluding hydrogens is 380 g/mol. The molecule has 134 valence electrons. The van der Waals surface area contributed by atoms with Gasteiger partial charge in [0.05, 0.1) is 0 Å². The van der Waals surface area contributed by atoms with Gasteiger partial charge in [0, 0.05) is 49.9 Å². The van der Waals surface area contributed by atoms with E-state index in [1.165, 1.54) is 5.56 Å². The van der Waals surface area contributed by atoms with Crippen LogP contribution in [0.1, 0.15) is 22.5 Å². The van der Waals surface area contributed by atoms with Crippen molar-refractivity contribution >= 4 is 21.8 Å². The number of piperazine rings is 1. The van der Waals surface area contributed by atoms with Gasteiger partial charge in [-0.25, -0.2) is 0 Å². The molecule has 1 aromatic carbocycles. The first-order chi connectivity index (χ1) is 12.2. The van der Waals surface area contributed by atoms with Crippen molar-refractivity contribution in [3.63, 3.8) is 0 Å². The Hall–Kier alpha value is -1.63. The molecule has 2 N–H and O–H groups in total. The second-order valence-electron chi connectivity index (χ2n) is 6.44. The zero-order valence-electron chi connectivity index (χ0n) is 14.4.